The zero-order valence-corrected chi connectivity index (χ0v) is 10.9. The molecule has 0 aromatic heterocycles. The van der Waals surface area contributed by atoms with Crippen LogP contribution in [0, 0.1) is 5.92 Å². The first-order valence-corrected chi connectivity index (χ1v) is 6.52. The lowest BCUT2D eigenvalue weighted by Gasteiger charge is -2.42. The molecule has 3 atom stereocenters. The zero-order valence-electron chi connectivity index (χ0n) is 10.9. The number of aromatic hydroxyl groups is 2. The predicted octanol–water partition coefficient (Wildman–Crippen LogP) is 0.987. The molecule has 1 aromatic rings. The van der Waals surface area contributed by atoms with Crippen molar-refractivity contribution < 1.29 is 39.5 Å². The van der Waals surface area contributed by atoms with Gasteiger partial charge in [-0.15, -0.1) is 0 Å². The Bertz CT molecular complexity index is 778. The number of carbonyl (C=O) groups is 2. The summed E-state index contributed by atoms with van der Waals surface area (Å²) >= 11 is 0. The van der Waals surface area contributed by atoms with Crippen molar-refractivity contribution in [2.75, 3.05) is 0 Å². The molecule has 1 aliphatic carbocycles. The van der Waals surface area contributed by atoms with Crippen LogP contribution in [0.1, 0.15) is 28.3 Å². The first-order valence-electron chi connectivity index (χ1n) is 6.52. The predicted molar refractivity (Wildman–Crippen MR) is 67.7 cm³/mol. The van der Waals surface area contributed by atoms with Gasteiger partial charge in [-0.2, -0.15) is 0 Å². The van der Waals surface area contributed by atoms with Gasteiger partial charge in [-0.1, -0.05) is 0 Å². The molecule has 114 valence electrons. The number of phenolic OH excluding ortho intramolecular Hbond substituents is 2. The number of hydrogen-bond acceptors (Lipinski definition) is 8. The number of ether oxygens (including phenoxy) is 2. The fraction of sp³-hybridized carbons (Fsp3) is 0.286. The van der Waals surface area contributed by atoms with E-state index in [0.717, 1.165) is 6.07 Å². The Balaban J connectivity index is 2.05. The Morgan fingerprint density at radius 2 is 1.86 bits per heavy atom. The summed E-state index contributed by atoms with van der Waals surface area (Å²) in [5.74, 6) is -5.78. The van der Waals surface area contributed by atoms with Gasteiger partial charge in [-0.3, -0.25) is 4.79 Å². The van der Waals surface area contributed by atoms with Crippen molar-refractivity contribution in [3.05, 3.63) is 28.7 Å². The van der Waals surface area contributed by atoms with Crippen LogP contribution < -0.4 is 4.74 Å². The van der Waals surface area contributed by atoms with Crippen molar-refractivity contribution in [1.82, 2.24) is 0 Å². The molecule has 0 spiro atoms. The molecule has 0 amide bonds. The normalized spacial score (nSPS) is 28.8. The molecule has 1 aromatic carbocycles. The van der Waals surface area contributed by atoms with Crippen LogP contribution in [-0.2, 0) is 9.53 Å². The van der Waals surface area contributed by atoms with Gasteiger partial charge >= 0.3 is 11.9 Å². The van der Waals surface area contributed by atoms with E-state index in [4.69, 9.17) is 9.47 Å². The summed E-state index contributed by atoms with van der Waals surface area (Å²) in [6.07, 6.45) is -1.39. The van der Waals surface area contributed by atoms with Crippen LogP contribution in [0.2, 0.25) is 0 Å². The largest absolute Gasteiger partial charge is 0.509 e. The molecule has 0 bridgehead atoms. The molecule has 0 saturated heterocycles. The number of aliphatic hydroxyl groups is 2. The molecule has 3 aliphatic rings. The average molecular weight is 306 g/mol. The van der Waals surface area contributed by atoms with E-state index in [2.05, 4.69) is 0 Å². The third-order valence-corrected chi connectivity index (χ3v) is 4.30. The van der Waals surface area contributed by atoms with Gasteiger partial charge in [0.15, 0.2) is 23.4 Å². The second-order valence-corrected chi connectivity index (χ2v) is 5.45. The van der Waals surface area contributed by atoms with E-state index in [0.29, 0.717) is 0 Å². The number of carbonyl (C=O) groups excluding carboxylic acids is 2. The quantitative estimate of drug-likeness (QED) is 0.317. The topological polar surface area (TPSA) is 134 Å². The number of hydrogen-bond donors (Lipinski definition) is 4. The molecule has 2 heterocycles. The first-order chi connectivity index (χ1) is 10.4. The molecule has 22 heavy (non-hydrogen) atoms. The molecule has 4 N–H and O–H groups in total. The fourth-order valence-corrected chi connectivity index (χ4v) is 3.30. The van der Waals surface area contributed by atoms with Gasteiger partial charge in [0.25, 0.3) is 0 Å². The second-order valence-electron chi connectivity index (χ2n) is 5.45. The Hall–Kier alpha value is -2.90. The maximum absolute atomic E-state index is 12.1. The lowest BCUT2D eigenvalue weighted by Crippen LogP contribution is -2.47. The van der Waals surface area contributed by atoms with Crippen molar-refractivity contribution in [2.45, 2.75) is 18.4 Å². The highest BCUT2D eigenvalue weighted by molar-refractivity contribution is 5.97. The fourth-order valence-electron chi connectivity index (χ4n) is 3.30. The zero-order chi connectivity index (χ0) is 15.8. The van der Waals surface area contributed by atoms with Crippen molar-refractivity contribution in [3.63, 3.8) is 0 Å². The molecule has 2 aliphatic heterocycles. The molecule has 2 unspecified atom stereocenters. The van der Waals surface area contributed by atoms with Crippen LogP contribution in [0.5, 0.6) is 17.2 Å². The average Bonchev–Trinajstić information content (AvgIpc) is 2.47. The minimum absolute atomic E-state index is 0.0433. The molecular weight excluding hydrogens is 296 g/mol. The highest BCUT2D eigenvalue weighted by atomic mass is 16.6. The van der Waals surface area contributed by atoms with Crippen LogP contribution in [0.4, 0.5) is 0 Å². The number of benzene rings is 1. The van der Waals surface area contributed by atoms with E-state index in [9.17, 15) is 30.0 Å². The van der Waals surface area contributed by atoms with Crippen LogP contribution in [0.3, 0.4) is 0 Å². The van der Waals surface area contributed by atoms with E-state index in [1.165, 1.54) is 0 Å². The van der Waals surface area contributed by atoms with Crippen molar-refractivity contribution in [3.8, 4) is 17.2 Å². The Morgan fingerprint density at radius 3 is 2.59 bits per heavy atom. The van der Waals surface area contributed by atoms with Crippen LogP contribution >= 0.6 is 0 Å². The highest BCUT2D eigenvalue weighted by Gasteiger charge is 2.54. The van der Waals surface area contributed by atoms with Crippen molar-refractivity contribution >= 4 is 11.9 Å². The summed E-state index contributed by atoms with van der Waals surface area (Å²) in [5.41, 5.74) is 0.151. The molecule has 8 nitrogen and oxygen atoms in total. The summed E-state index contributed by atoms with van der Waals surface area (Å²) in [5, 5.41) is 39.2. The number of allylic oxidation sites excluding steroid dienone is 1. The SMILES string of the molecule is O=C1OC2C(O)=C(O)C[C@@H]3C(=O)Oc4c(O)c(O)cc1c4C23. The maximum atomic E-state index is 12.1. The molecule has 0 saturated carbocycles. The summed E-state index contributed by atoms with van der Waals surface area (Å²) in [7, 11) is 0. The summed E-state index contributed by atoms with van der Waals surface area (Å²) in [6, 6.07) is 1.03. The van der Waals surface area contributed by atoms with Crippen molar-refractivity contribution in [1.29, 1.82) is 0 Å². The number of phenols is 2. The monoisotopic (exact) mass is 306 g/mol. The number of aliphatic hydroxyl groups excluding tert-OH is 2. The molecule has 0 radical (unpaired) electrons. The van der Waals surface area contributed by atoms with E-state index in [1.807, 2.05) is 0 Å². The Morgan fingerprint density at radius 1 is 1.14 bits per heavy atom. The minimum atomic E-state index is -1.23. The standard InChI is InChI=1S/C14H10O8/c15-5-1-3-7-8-4(14(20)22-11(7)9(5)17)2-6(16)10(18)12(8)21-13(3)19/h1,4,8,12,15-18H,2H2/t4-,8?,12?/m0/s1. The van der Waals surface area contributed by atoms with Gasteiger partial charge in [-0.25, -0.2) is 4.79 Å². The van der Waals surface area contributed by atoms with E-state index >= 15 is 0 Å². The lowest BCUT2D eigenvalue weighted by atomic mass is 9.71. The smallest absolute Gasteiger partial charge is 0.339 e. The Labute approximate surface area is 122 Å². The van der Waals surface area contributed by atoms with Gasteiger partial charge in [0.2, 0.25) is 5.75 Å². The van der Waals surface area contributed by atoms with Crippen molar-refractivity contribution in [2.24, 2.45) is 5.92 Å². The maximum Gasteiger partial charge on any atom is 0.339 e. The third-order valence-electron chi connectivity index (χ3n) is 4.30. The molecule has 8 heteroatoms. The van der Waals surface area contributed by atoms with Gasteiger partial charge < -0.3 is 29.9 Å². The van der Waals surface area contributed by atoms with Gasteiger partial charge in [-0.05, 0) is 6.07 Å². The number of rotatable bonds is 0. The van der Waals surface area contributed by atoms with Gasteiger partial charge in [0.05, 0.1) is 11.5 Å². The van der Waals surface area contributed by atoms with E-state index in [1.54, 1.807) is 0 Å². The minimum Gasteiger partial charge on any atom is -0.509 e. The van der Waals surface area contributed by atoms with Crippen LogP contribution in [0.25, 0.3) is 0 Å². The van der Waals surface area contributed by atoms with Crippen LogP contribution in [-0.4, -0.2) is 38.5 Å². The lowest BCUT2D eigenvalue weighted by molar-refractivity contribution is -0.144. The summed E-state index contributed by atoms with van der Waals surface area (Å²) in [6.45, 7) is 0. The molecular formula is C14H10O8. The highest BCUT2D eigenvalue weighted by Crippen LogP contribution is 2.55. The van der Waals surface area contributed by atoms with Gasteiger partial charge in [0.1, 0.15) is 5.76 Å². The summed E-state index contributed by atoms with van der Waals surface area (Å²) in [4.78, 5) is 24.1. The summed E-state index contributed by atoms with van der Waals surface area (Å²) < 4.78 is 10.1. The van der Waals surface area contributed by atoms with E-state index < -0.39 is 52.9 Å². The second kappa shape index (κ2) is 3.85. The third kappa shape index (κ3) is 1.36. The molecule has 0 fully saturated rings. The van der Waals surface area contributed by atoms with Crippen LogP contribution in [0.15, 0.2) is 17.6 Å². The molecule has 4 rings (SSSR count). The first kappa shape index (κ1) is 12.8. The Kier molecular flexibility index (Phi) is 2.24. The van der Waals surface area contributed by atoms with E-state index in [-0.39, 0.29) is 23.3 Å². The van der Waals surface area contributed by atoms with Gasteiger partial charge in [0, 0.05) is 17.9 Å². The number of esters is 2.